The molecule has 0 spiro atoms. The van der Waals surface area contributed by atoms with Crippen LogP contribution in [0.3, 0.4) is 0 Å². The first-order chi connectivity index (χ1) is 11.5. The van der Waals surface area contributed by atoms with Crippen molar-refractivity contribution in [2.24, 2.45) is 0 Å². The summed E-state index contributed by atoms with van der Waals surface area (Å²) < 4.78 is 20.4. The van der Waals surface area contributed by atoms with E-state index in [1.54, 1.807) is 6.07 Å². The number of piperidine rings is 1. The third-order valence-corrected chi connectivity index (χ3v) is 3.98. The molecule has 1 aromatic heterocycles. The van der Waals surface area contributed by atoms with Crippen molar-refractivity contribution >= 4 is 33.7 Å². The van der Waals surface area contributed by atoms with E-state index in [9.17, 15) is 18.8 Å². The molecule has 0 saturated carbocycles. The quantitative estimate of drug-likeness (QED) is 0.631. The fourth-order valence-corrected chi connectivity index (χ4v) is 2.66. The number of aromatic nitrogens is 2. The average Bonchev–Trinajstić information content (AvgIpc) is 2.92. The molecule has 0 aliphatic carbocycles. The number of halogens is 2. The van der Waals surface area contributed by atoms with Crippen molar-refractivity contribution < 1.29 is 23.5 Å². The number of hydrogen-bond donors (Lipinski definition) is 1. The second-order valence-electron chi connectivity index (χ2n) is 5.07. The molecule has 1 unspecified atom stereocenters. The Balaban J connectivity index is 1.80. The Kier molecular flexibility index (Phi) is 4.43. The lowest BCUT2D eigenvalue weighted by Crippen LogP contribution is -2.45. The number of carbonyl (C=O) groups is 3. The minimum Gasteiger partial charge on any atom is -0.447 e. The zero-order valence-electron chi connectivity index (χ0n) is 12.2. The standard InChI is InChI=1S/C15H11BrFN3O4/c16-8-7-20(10-4-2-1-3-9(10)17)19-13(8)15(23)24-11-5-6-12(21)18-14(11)22/h1-4,7,11H,5-6H2,(H,18,21,22). The maximum atomic E-state index is 13.8. The molecule has 3 rings (SSSR count). The predicted octanol–water partition coefficient (Wildman–Crippen LogP) is 1.74. The number of amides is 2. The molecular formula is C15H11BrFN3O4. The molecule has 1 aliphatic rings. The van der Waals surface area contributed by atoms with E-state index in [1.807, 2.05) is 0 Å². The number of hydrogen-bond acceptors (Lipinski definition) is 5. The SMILES string of the molecule is O=C1CCC(OC(=O)c2nn(-c3ccccc3F)cc2Br)C(=O)N1. The van der Waals surface area contributed by atoms with E-state index in [-0.39, 0.29) is 24.2 Å². The Morgan fingerprint density at radius 3 is 2.83 bits per heavy atom. The highest BCUT2D eigenvalue weighted by Gasteiger charge is 2.31. The minimum atomic E-state index is -1.05. The zero-order valence-corrected chi connectivity index (χ0v) is 13.7. The van der Waals surface area contributed by atoms with E-state index in [4.69, 9.17) is 4.74 Å². The number of nitrogens with one attached hydrogen (secondary N) is 1. The molecular weight excluding hydrogens is 385 g/mol. The zero-order chi connectivity index (χ0) is 17.3. The Morgan fingerprint density at radius 2 is 2.12 bits per heavy atom. The molecule has 2 heterocycles. The maximum Gasteiger partial charge on any atom is 0.360 e. The van der Waals surface area contributed by atoms with Crippen LogP contribution in [-0.2, 0) is 14.3 Å². The summed E-state index contributed by atoms with van der Waals surface area (Å²) in [6.45, 7) is 0. The number of ether oxygens (including phenoxy) is 1. The highest BCUT2D eigenvalue weighted by Crippen LogP contribution is 2.21. The summed E-state index contributed by atoms with van der Waals surface area (Å²) in [7, 11) is 0. The van der Waals surface area contributed by atoms with Gasteiger partial charge in [-0.05, 0) is 28.1 Å². The molecule has 1 atom stereocenters. The van der Waals surface area contributed by atoms with Crippen molar-refractivity contribution in [2.45, 2.75) is 18.9 Å². The molecule has 1 aromatic carbocycles. The summed E-state index contributed by atoms with van der Waals surface area (Å²) in [5, 5.41) is 6.10. The van der Waals surface area contributed by atoms with Gasteiger partial charge in [-0.1, -0.05) is 12.1 Å². The molecule has 124 valence electrons. The molecule has 24 heavy (non-hydrogen) atoms. The largest absolute Gasteiger partial charge is 0.447 e. The van der Waals surface area contributed by atoms with Gasteiger partial charge in [0.2, 0.25) is 5.91 Å². The molecule has 7 nitrogen and oxygen atoms in total. The topological polar surface area (TPSA) is 90.3 Å². The smallest absolute Gasteiger partial charge is 0.360 e. The molecule has 2 aromatic rings. The first kappa shape index (κ1) is 16.3. The Hall–Kier alpha value is -2.55. The van der Waals surface area contributed by atoms with Crippen LogP contribution in [0.1, 0.15) is 23.3 Å². The molecule has 2 amide bonds. The average molecular weight is 396 g/mol. The molecule has 1 fully saturated rings. The summed E-state index contributed by atoms with van der Waals surface area (Å²) >= 11 is 3.17. The lowest BCUT2D eigenvalue weighted by atomic mass is 10.1. The summed E-state index contributed by atoms with van der Waals surface area (Å²) in [5.41, 5.74) is 0.0706. The van der Waals surface area contributed by atoms with Crippen molar-refractivity contribution in [1.82, 2.24) is 15.1 Å². The molecule has 9 heteroatoms. The molecule has 1 saturated heterocycles. The van der Waals surface area contributed by atoms with Crippen LogP contribution >= 0.6 is 15.9 Å². The number of rotatable bonds is 3. The van der Waals surface area contributed by atoms with Crippen molar-refractivity contribution in [2.75, 3.05) is 0 Å². The van der Waals surface area contributed by atoms with Crippen molar-refractivity contribution in [3.05, 3.63) is 46.4 Å². The van der Waals surface area contributed by atoms with Gasteiger partial charge in [0.15, 0.2) is 11.8 Å². The van der Waals surface area contributed by atoms with Gasteiger partial charge in [-0.25, -0.2) is 13.9 Å². The first-order valence-electron chi connectivity index (χ1n) is 7.00. The van der Waals surface area contributed by atoms with Crippen molar-refractivity contribution in [1.29, 1.82) is 0 Å². The van der Waals surface area contributed by atoms with Crippen LogP contribution in [-0.4, -0.2) is 33.7 Å². The van der Waals surface area contributed by atoms with Crippen molar-refractivity contribution in [3.63, 3.8) is 0 Å². The van der Waals surface area contributed by atoms with E-state index >= 15 is 0 Å². The number of para-hydroxylation sites is 1. The summed E-state index contributed by atoms with van der Waals surface area (Å²) in [6, 6.07) is 5.95. The summed E-state index contributed by atoms with van der Waals surface area (Å²) in [5.74, 6) is -2.41. The van der Waals surface area contributed by atoms with Crippen LogP contribution in [0, 0.1) is 5.82 Å². The molecule has 1 aliphatic heterocycles. The number of benzene rings is 1. The second-order valence-corrected chi connectivity index (χ2v) is 5.92. The molecule has 0 radical (unpaired) electrons. The van der Waals surface area contributed by atoms with Crippen LogP contribution in [0.5, 0.6) is 0 Å². The fraction of sp³-hybridized carbons (Fsp3) is 0.200. The van der Waals surface area contributed by atoms with E-state index in [2.05, 4.69) is 26.3 Å². The highest BCUT2D eigenvalue weighted by molar-refractivity contribution is 9.10. The first-order valence-corrected chi connectivity index (χ1v) is 7.80. The van der Waals surface area contributed by atoms with Crippen molar-refractivity contribution in [3.8, 4) is 5.69 Å². The summed E-state index contributed by atoms with van der Waals surface area (Å²) in [6.07, 6.45) is 0.566. The lowest BCUT2D eigenvalue weighted by molar-refractivity contribution is -0.140. The van der Waals surface area contributed by atoms with Crippen LogP contribution in [0.4, 0.5) is 4.39 Å². The van der Waals surface area contributed by atoms with Crippen LogP contribution in [0.25, 0.3) is 5.69 Å². The predicted molar refractivity (Wildman–Crippen MR) is 82.8 cm³/mol. The number of nitrogens with zero attached hydrogens (tertiary/aromatic N) is 2. The van der Waals surface area contributed by atoms with E-state index in [0.717, 1.165) is 0 Å². The number of imide groups is 1. The van der Waals surface area contributed by atoms with Gasteiger partial charge in [0.05, 0.1) is 4.47 Å². The normalized spacial score (nSPS) is 17.5. The van der Waals surface area contributed by atoms with Gasteiger partial charge in [0.1, 0.15) is 11.5 Å². The van der Waals surface area contributed by atoms with Crippen LogP contribution in [0.2, 0.25) is 0 Å². The van der Waals surface area contributed by atoms with Gasteiger partial charge in [-0.2, -0.15) is 5.10 Å². The van der Waals surface area contributed by atoms with Gasteiger partial charge in [-0.15, -0.1) is 0 Å². The maximum absolute atomic E-state index is 13.8. The third kappa shape index (κ3) is 3.21. The van der Waals surface area contributed by atoms with Gasteiger partial charge in [-0.3, -0.25) is 14.9 Å². The summed E-state index contributed by atoms with van der Waals surface area (Å²) in [4.78, 5) is 34.9. The van der Waals surface area contributed by atoms with E-state index in [0.29, 0.717) is 4.47 Å². The number of carbonyl (C=O) groups excluding carboxylic acids is 3. The molecule has 0 bridgehead atoms. The number of esters is 1. The third-order valence-electron chi connectivity index (χ3n) is 3.40. The second kappa shape index (κ2) is 6.52. The molecule has 1 N–H and O–H groups in total. The van der Waals surface area contributed by atoms with Crippen LogP contribution < -0.4 is 5.32 Å². The Labute approximate surface area is 143 Å². The van der Waals surface area contributed by atoms with Gasteiger partial charge in [0, 0.05) is 19.0 Å². The fourth-order valence-electron chi connectivity index (χ4n) is 2.22. The van der Waals surface area contributed by atoms with Gasteiger partial charge in [0.25, 0.3) is 5.91 Å². The Morgan fingerprint density at radius 1 is 1.38 bits per heavy atom. The Bertz CT molecular complexity index is 836. The van der Waals surface area contributed by atoms with E-state index < -0.39 is 29.7 Å². The monoisotopic (exact) mass is 395 g/mol. The lowest BCUT2D eigenvalue weighted by Gasteiger charge is -2.20. The minimum absolute atomic E-state index is 0.0918. The highest BCUT2D eigenvalue weighted by atomic mass is 79.9. The van der Waals surface area contributed by atoms with Gasteiger partial charge < -0.3 is 4.74 Å². The van der Waals surface area contributed by atoms with E-state index in [1.165, 1.54) is 29.1 Å². The van der Waals surface area contributed by atoms with Crippen LogP contribution in [0.15, 0.2) is 34.9 Å². The van der Waals surface area contributed by atoms with Gasteiger partial charge >= 0.3 is 5.97 Å².